The standard InChI is InChI=1S/C13H12FN3O2/c1-17(9-4-2-3-8(14)5-9)12-6-10(13(18)19)11(15)7-16-12/h2-7H,15H2,1H3,(H,18,19). The Bertz CT molecular complexity index is 631. The first-order valence-electron chi connectivity index (χ1n) is 5.47. The van der Waals surface area contributed by atoms with Gasteiger partial charge in [0.1, 0.15) is 11.6 Å². The van der Waals surface area contributed by atoms with Gasteiger partial charge in [0.25, 0.3) is 0 Å². The normalized spacial score (nSPS) is 10.2. The van der Waals surface area contributed by atoms with Crippen molar-refractivity contribution in [2.24, 2.45) is 0 Å². The number of rotatable bonds is 3. The molecule has 5 nitrogen and oxygen atoms in total. The number of anilines is 3. The number of nitrogens with zero attached hydrogens (tertiary/aromatic N) is 2. The number of carbonyl (C=O) groups is 1. The zero-order valence-electron chi connectivity index (χ0n) is 10.2. The van der Waals surface area contributed by atoms with E-state index >= 15 is 0 Å². The maximum Gasteiger partial charge on any atom is 0.337 e. The second kappa shape index (κ2) is 4.93. The lowest BCUT2D eigenvalue weighted by molar-refractivity contribution is 0.0698. The van der Waals surface area contributed by atoms with Gasteiger partial charge in [-0.25, -0.2) is 14.2 Å². The molecule has 0 aliphatic carbocycles. The van der Waals surface area contributed by atoms with Crippen LogP contribution in [-0.2, 0) is 0 Å². The van der Waals surface area contributed by atoms with Gasteiger partial charge in [-0.05, 0) is 24.3 Å². The Balaban J connectivity index is 2.42. The fourth-order valence-corrected chi connectivity index (χ4v) is 1.64. The third kappa shape index (κ3) is 2.62. The SMILES string of the molecule is CN(c1cccc(F)c1)c1cc(C(=O)O)c(N)cn1. The van der Waals surface area contributed by atoms with Crippen LogP contribution in [0.5, 0.6) is 0 Å². The molecule has 3 N–H and O–H groups in total. The van der Waals surface area contributed by atoms with Gasteiger partial charge < -0.3 is 15.7 Å². The van der Waals surface area contributed by atoms with E-state index in [2.05, 4.69) is 4.98 Å². The van der Waals surface area contributed by atoms with E-state index in [0.29, 0.717) is 11.5 Å². The summed E-state index contributed by atoms with van der Waals surface area (Å²) in [6.45, 7) is 0. The van der Waals surface area contributed by atoms with Crippen molar-refractivity contribution >= 4 is 23.2 Å². The average Bonchev–Trinajstić information content (AvgIpc) is 2.38. The average molecular weight is 261 g/mol. The van der Waals surface area contributed by atoms with E-state index in [1.54, 1.807) is 24.1 Å². The molecule has 0 unspecified atom stereocenters. The fourth-order valence-electron chi connectivity index (χ4n) is 1.64. The van der Waals surface area contributed by atoms with Gasteiger partial charge >= 0.3 is 5.97 Å². The van der Waals surface area contributed by atoms with E-state index in [1.807, 2.05) is 0 Å². The van der Waals surface area contributed by atoms with Gasteiger partial charge in [-0.15, -0.1) is 0 Å². The van der Waals surface area contributed by atoms with Crippen LogP contribution < -0.4 is 10.6 Å². The molecule has 0 fully saturated rings. The molecule has 0 saturated heterocycles. The molecule has 98 valence electrons. The van der Waals surface area contributed by atoms with Crippen molar-refractivity contribution in [1.29, 1.82) is 0 Å². The molecule has 0 saturated carbocycles. The van der Waals surface area contributed by atoms with Gasteiger partial charge in [0.05, 0.1) is 17.4 Å². The van der Waals surface area contributed by atoms with Gasteiger partial charge in [-0.1, -0.05) is 6.07 Å². The third-order valence-electron chi connectivity index (χ3n) is 2.69. The minimum atomic E-state index is -1.13. The van der Waals surface area contributed by atoms with Crippen molar-refractivity contribution < 1.29 is 14.3 Å². The first-order chi connectivity index (χ1) is 8.99. The highest BCUT2D eigenvalue weighted by Crippen LogP contribution is 2.24. The number of aromatic nitrogens is 1. The molecule has 1 heterocycles. The molecular formula is C13H12FN3O2. The third-order valence-corrected chi connectivity index (χ3v) is 2.69. The number of nitrogen functional groups attached to an aromatic ring is 1. The number of hydrogen-bond donors (Lipinski definition) is 2. The maximum atomic E-state index is 13.2. The molecule has 0 amide bonds. The highest BCUT2D eigenvalue weighted by Gasteiger charge is 2.13. The molecule has 2 aromatic rings. The Labute approximate surface area is 109 Å². The van der Waals surface area contributed by atoms with Crippen LogP contribution in [0.25, 0.3) is 0 Å². The summed E-state index contributed by atoms with van der Waals surface area (Å²) in [5.74, 6) is -1.13. The minimum absolute atomic E-state index is 0.0340. The minimum Gasteiger partial charge on any atom is -0.478 e. The van der Waals surface area contributed by atoms with E-state index in [9.17, 15) is 9.18 Å². The molecule has 1 aromatic carbocycles. The first kappa shape index (κ1) is 12.8. The summed E-state index contributed by atoms with van der Waals surface area (Å²) < 4.78 is 13.2. The zero-order valence-corrected chi connectivity index (χ0v) is 10.2. The molecule has 0 radical (unpaired) electrons. The maximum absolute atomic E-state index is 13.2. The zero-order chi connectivity index (χ0) is 14.0. The lowest BCUT2D eigenvalue weighted by atomic mass is 10.2. The number of carboxylic acids is 1. The van der Waals surface area contributed by atoms with Crippen LogP contribution in [0.1, 0.15) is 10.4 Å². The highest BCUT2D eigenvalue weighted by molar-refractivity contribution is 5.94. The van der Waals surface area contributed by atoms with Crippen LogP contribution in [0.4, 0.5) is 21.6 Å². The second-order valence-electron chi connectivity index (χ2n) is 3.97. The van der Waals surface area contributed by atoms with Gasteiger partial charge in [-0.2, -0.15) is 0 Å². The molecule has 0 spiro atoms. The van der Waals surface area contributed by atoms with E-state index in [1.165, 1.54) is 24.4 Å². The van der Waals surface area contributed by atoms with E-state index in [-0.39, 0.29) is 17.1 Å². The first-order valence-corrected chi connectivity index (χ1v) is 5.47. The lowest BCUT2D eigenvalue weighted by Gasteiger charge is -2.19. The van der Waals surface area contributed by atoms with E-state index in [4.69, 9.17) is 10.8 Å². The monoisotopic (exact) mass is 261 g/mol. The molecule has 19 heavy (non-hydrogen) atoms. The van der Waals surface area contributed by atoms with Crippen molar-refractivity contribution in [1.82, 2.24) is 4.98 Å². The van der Waals surface area contributed by atoms with E-state index in [0.717, 1.165) is 0 Å². The van der Waals surface area contributed by atoms with Gasteiger partial charge in [-0.3, -0.25) is 0 Å². The number of hydrogen-bond acceptors (Lipinski definition) is 4. The Morgan fingerprint density at radius 1 is 1.42 bits per heavy atom. The quantitative estimate of drug-likeness (QED) is 0.886. The predicted octanol–water partition coefficient (Wildman–Crippen LogP) is 2.27. The molecule has 0 atom stereocenters. The molecule has 0 aliphatic rings. The number of pyridine rings is 1. The van der Waals surface area contributed by atoms with Crippen LogP contribution in [0.15, 0.2) is 36.5 Å². The van der Waals surface area contributed by atoms with Crippen molar-refractivity contribution in [3.05, 3.63) is 47.9 Å². The van der Waals surface area contributed by atoms with Crippen LogP contribution in [0, 0.1) is 5.82 Å². The fraction of sp³-hybridized carbons (Fsp3) is 0.0769. The number of carboxylic acid groups (broad SMARTS) is 1. The summed E-state index contributed by atoms with van der Waals surface area (Å²) in [5, 5.41) is 9.00. The van der Waals surface area contributed by atoms with E-state index < -0.39 is 5.97 Å². The number of benzene rings is 1. The molecule has 0 bridgehead atoms. The van der Waals surface area contributed by atoms with Gasteiger partial charge in [0.15, 0.2) is 0 Å². The Morgan fingerprint density at radius 2 is 2.16 bits per heavy atom. The summed E-state index contributed by atoms with van der Waals surface area (Å²) in [6.07, 6.45) is 1.27. The largest absolute Gasteiger partial charge is 0.478 e. The van der Waals surface area contributed by atoms with Gasteiger partial charge in [0.2, 0.25) is 0 Å². The summed E-state index contributed by atoms with van der Waals surface area (Å²) in [6, 6.07) is 7.27. The van der Waals surface area contributed by atoms with Crippen LogP contribution in [-0.4, -0.2) is 23.1 Å². The van der Waals surface area contributed by atoms with Crippen molar-refractivity contribution in [3.63, 3.8) is 0 Å². The highest BCUT2D eigenvalue weighted by atomic mass is 19.1. The van der Waals surface area contributed by atoms with Crippen molar-refractivity contribution in [2.75, 3.05) is 17.7 Å². The number of nitrogens with two attached hydrogens (primary N) is 1. The van der Waals surface area contributed by atoms with Crippen LogP contribution >= 0.6 is 0 Å². The number of aromatic carboxylic acids is 1. The summed E-state index contributed by atoms with van der Waals surface area (Å²) >= 11 is 0. The Hall–Kier alpha value is -2.63. The lowest BCUT2D eigenvalue weighted by Crippen LogP contribution is -2.13. The smallest absolute Gasteiger partial charge is 0.337 e. The van der Waals surface area contributed by atoms with Crippen LogP contribution in [0.3, 0.4) is 0 Å². The van der Waals surface area contributed by atoms with Crippen molar-refractivity contribution in [2.45, 2.75) is 0 Å². The molecule has 1 aromatic heterocycles. The Kier molecular flexibility index (Phi) is 3.33. The summed E-state index contributed by atoms with van der Waals surface area (Å²) in [5.41, 5.74) is 6.15. The topological polar surface area (TPSA) is 79.5 Å². The Morgan fingerprint density at radius 3 is 2.79 bits per heavy atom. The predicted molar refractivity (Wildman–Crippen MR) is 70.1 cm³/mol. The van der Waals surface area contributed by atoms with Crippen LogP contribution in [0.2, 0.25) is 0 Å². The second-order valence-corrected chi connectivity index (χ2v) is 3.97. The molecule has 2 rings (SSSR count). The molecular weight excluding hydrogens is 249 g/mol. The molecule has 6 heteroatoms. The van der Waals surface area contributed by atoms with Gasteiger partial charge in [0, 0.05) is 12.7 Å². The number of halogens is 1. The summed E-state index contributed by atoms with van der Waals surface area (Å²) in [4.78, 5) is 16.6. The molecule has 0 aliphatic heterocycles. The van der Waals surface area contributed by atoms with Crippen molar-refractivity contribution in [3.8, 4) is 0 Å². The summed E-state index contributed by atoms with van der Waals surface area (Å²) in [7, 11) is 1.67.